The van der Waals surface area contributed by atoms with Crippen LogP contribution < -0.4 is 10.1 Å². The quantitative estimate of drug-likeness (QED) is 0.673. The van der Waals surface area contributed by atoms with Crippen LogP contribution in [0.5, 0.6) is 11.5 Å². The number of hydrogen-bond acceptors (Lipinski definition) is 5. The van der Waals surface area contributed by atoms with Gasteiger partial charge in [0.15, 0.2) is 0 Å². The second-order valence-electron chi connectivity index (χ2n) is 9.70. The molecule has 32 heavy (non-hydrogen) atoms. The number of likely N-dealkylation sites (N-methyl/N-ethyl adjacent to an activating group) is 2. The van der Waals surface area contributed by atoms with Gasteiger partial charge < -0.3 is 25.2 Å². The lowest BCUT2D eigenvalue weighted by Gasteiger charge is -2.58. The first-order chi connectivity index (χ1) is 15.5. The van der Waals surface area contributed by atoms with E-state index in [2.05, 4.69) is 35.5 Å². The maximum absolute atomic E-state index is 9.47. The first-order valence-corrected chi connectivity index (χ1v) is 12.0. The number of aliphatic hydroxyl groups excluding tert-OH is 1. The van der Waals surface area contributed by atoms with Crippen LogP contribution in [0.25, 0.3) is 0 Å². The molecule has 3 N–H and O–H groups in total. The molecule has 0 unspecified atom stereocenters. The number of nitrogens with one attached hydrogen (secondary N) is 1. The van der Waals surface area contributed by atoms with Crippen molar-refractivity contribution in [1.82, 2.24) is 10.2 Å². The molecule has 2 aromatic rings. The van der Waals surface area contributed by atoms with Gasteiger partial charge in [-0.1, -0.05) is 31.0 Å². The summed E-state index contributed by atoms with van der Waals surface area (Å²) in [6.45, 7) is 1.75. The van der Waals surface area contributed by atoms with Crippen LogP contribution in [0.4, 0.5) is 0 Å². The van der Waals surface area contributed by atoms with E-state index in [1.54, 1.807) is 49.5 Å². The number of fused-ring (bicyclic) bond motifs is 1. The molecule has 1 heterocycles. The van der Waals surface area contributed by atoms with Crippen LogP contribution in [0.2, 0.25) is 0 Å². The first-order valence-electron chi connectivity index (χ1n) is 12.0. The maximum atomic E-state index is 9.47. The third-order valence-corrected chi connectivity index (χ3v) is 7.97. The normalized spacial score (nSPS) is 27.4. The molecule has 5 heteroatoms. The fourth-order valence-electron chi connectivity index (χ4n) is 6.35. The van der Waals surface area contributed by atoms with Gasteiger partial charge in [-0.15, -0.1) is 0 Å². The number of rotatable bonds is 4. The SMILES string of the molecule is CNC[C@H](O)c1cccc(O)c1.COc1ccc2c(c1)[C@]13CCCC[C@@H]1[C@H](C2)N(C)CC3. The molecule has 0 spiro atoms. The van der Waals surface area contributed by atoms with Gasteiger partial charge in [0.1, 0.15) is 11.5 Å². The van der Waals surface area contributed by atoms with E-state index < -0.39 is 6.10 Å². The van der Waals surface area contributed by atoms with Gasteiger partial charge in [0, 0.05) is 18.0 Å². The smallest absolute Gasteiger partial charge is 0.119 e. The van der Waals surface area contributed by atoms with Crippen molar-refractivity contribution in [2.45, 2.75) is 56.1 Å². The summed E-state index contributed by atoms with van der Waals surface area (Å²) >= 11 is 0. The van der Waals surface area contributed by atoms with E-state index in [1.165, 1.54) is 45.1 Å². The lowest BCUT2D eigenvalue weighted by atomic mass is 9.52. The number of aromatic hydroxyl groups is 1. The second kappa shape index (κ2) is 9.82. The lowest BCUT2D eigenvalue weighted by Crippen LogP contribution is -2.59. The van der Waals surface area contributed by atoms with Crippen molar-refractivity contribution in [1.29, 1.82) is 0 Å². The first kappa shape index (κ1) is 23.1. The zero-order chi connectivity index (χ0) is 22.7. The Morgan fingerprint density at radius 1 is 1.19 bits per heavy atom. The number of methoxy groups -OCH3 is 1. The Morgan fingerprint density at radius 2 is 2.03 bits per heavy atom. The molecule has 1 saturated carbocycles. The summed E-state index contributed by atoms with van der Waals surface area (Å²) in [6.07, 6.45) is 7.67. The molecule has 2 aliphatic carbocycles. The largest absolute Gasteiger partial charge is 0.508 e. The summed E-state index contributed by atoms with van der Waals surface area (Å²) in [5, 5.41) is 21.4. The van der Waals surface area contributed by atoms with Crippen LogP contribution in [0.1, 0.15) is 54.9 Å². The Balaban J connectivity index is 0.000000176. The summed E-state index contributed by atoms with van der Waals surface area (Å²) in [5.41, 5.74) is 4.40. The fraction of sp³-hybridized carbons (Fsp3) is 0.556. The van der Waals surface area contributed by atoms with E-state index >= 15 is 0 Å². The van der Waals surface area contributed by atoms with Crippen LogP contribution in [0.15, 0.2) is 42.5 Å². The predicted molar refractivity (Wildman–Crippen MR) is 128 cm³/mol. The molecule has 0 radical (unpaired) electrons. The van der Waals surface area contributed by atoms with Gasteiger partial charge in [0.25, 0.3) is 0 Å². The third-order valence-electron chi connectivity index (χ3n) is 7.97. The van der Waals surface area contributed by atoms with Crippen molar-refractivity contribution >= 4 is 0 Å². The van der Waals surface area contributed by atoms with Crippen molar-refractivity contribution in [2.24, 2.45) is 5.92 Å². The van der Waals surface area contributed by atoms with Crippen molar-refractivity contribution < 1.29 is 14.9 Å². The number of phenolic OH excluding ortho intramolecular Hbond substituents is 1. The molecule has 0 amide bonds. The van der Waals surface area contributed by atoms with Crippen molar-refractivity contribution in [3.63, 3.8) is 0 Å². The molecule has 2 aromatic carbocycles. The lowest BCUT2D eigenvalue weighted by molar-refractivity contribution is 0.00274. The number of aliphatic hydroxyl groups is 1. The summed E-state index contributed by atoms with van der Waals surface area (Å²) in [7, 11) is 5.89. The standard InChI is InChI=1S/C18H25NO.C9H13NO2/c1-19-10-9-18-8-4-3-5-15(18)17(19)11-13-6-7-14(20-2)12-16(13)18;1-10-6-9(12)7-3-2-4-8(11)5-7/h6-7,12,15,17H,3-5,8-11H2,1-2H3;2-5,9-12H,6H2,1H3/t15-,17+,18+;9-/m10/s1. The molecule has 5 rings (SSSR count). The second-order valence-corrected chi connectivity index (χ2v) is 9.70. The molecule has 1 saturated heterocycles. The number of ether oxygens (including phenoxy) is 1. The highest BCUT2D eigenvalue weighted by Gasteiger charge is 2.53. The zero-order valence-corrected chi connectivity index (χ0v) is 19.7. The topological polar surface area (TPSA) is 65.0 Å². The highest BCUT2D eigenvalue weighted by Crippen LogP contribution is 2.55. The van der Waals surface area contributed by atoms with E-state index in [-0.39, 0.29) is 5.75 Å². The maximum Gasteiger partial charge on any atom is 0.119 e. The molecule has 174 valence electrons. The van der Waals surface area contributed by atoms with Crippen LogP contribution in [0.3, 0.4) is 0 Å². The number of piperidine rings is 1. The van der Waals surface area contributed by atoms with E-state index in [9.17, 15) is 5.11 Å². The third kappa shape index (κ3) is 4.39. The molecular formula is C27H38N2O3. The average Bonchev–Trinajstić information content (AvgIpc) is 2.82. The van der Waals surface area contributed by atoms with Crippen LogP contribution in [-0.2, 0) is 11.8 Å². The van der Waals surface area contributed by atoms with E-state index in [0.717, 1.165) is 23.3 Å². The zero-order valence-electron chi connectivity index (χ0n) is 19.7. The number of benzene rings is 2. The molecular weight excluding hydrogens is 400 g/mol. The molecule has 3 aliphatic rings. The minimum absolute atomic E-state index is 0.183. The molecule has 1 aliphatic heterocycles. The highest BCUT2D eigenvalue weighted by molar-refractivity contribution is 5.45. The van der Waals surface area contributed by atoms with E-state index in [1.807, 2.05) is 0 Å². The summed E-state index contributed by atoms with van der Waals surface area (Å²) < 4.78 is 5.51. The number of hydrogen-bond donors (Lipinski definition) is 3. The monoisotopic (exact) mass is 438 g/mol. The fourth-order valence-corrected chi connectivity index (χ4v) is 6.35. The summed E-state index contributed by atoms with van der Waals surface area (Å²) in [6, 6.07) is 14.2. The minimum atomic E-state index is -0.554. The Bertz CT molecular complexity index is 918. The van der Waals surface area contributed by atoms with E-state index in [4.69, 9.17) is 9.84 Å². The molecule has 2 bridgehead atoms. The minimum Gasteiger partial charge on any atom is -0.508 e. The molecule has 4 atom stereocenters. The Labute approximate surface area is 192 Å². The van der Waals surface area contributed by atoms with Gasteiger partial charge in [-0.25, -0.2) is 0 Å². The van der Waals surface area contributed by atoms with Gasteiger partial charge >= 0.3 is 0 Å². The number of likely N-dealkylation sites (tertiary alicyclic amines) is 1. The van der Waals surface area contributed by atoms with Crippen LogP contribution in [0, 0.1) is 5.92 Å². The number of nitrogens with zero attached hydrogens (tertiary/aromatic N) is 1. The highest BCUT2D eigenvalue weighted by atomic mass is 16.5. The predicted octanol–water partition coefficient (Wildman–Crippen LogP) is 4.03. The van der Waals surface area contributed by atoms with Crippen molar-refractivity contribution in [3.8, 4) is 11.5 Å². The Morgan fingerprint density at radius 3 is 2.78 bits per heavy atom. The average molecular weight is 439 g/mol. The van der Waals surface area contributed by atoms with Gasteiger partial charge in [-0.2, -0.15) is 0 Å². The Hall–Kier alpha value is -2.08. The van der Waals surface area contributed by atoms with Gasteiger partial charge in [-0.3, -0.25) is 0 Å². The molecule has 0 aromatic heterocycles. The van der Waals surface area contributed by atoms with Crippen LogP contribution >= 0.6 is 0 Å². The summed E-state index contributed by atoms with van der Waals surface area (Å²) in [5.74, 6) is 2.09. The Kier molecular flexibility index (Phi) is 7.08. The molecule has 5 nitrogen and oxygen atoms in total. The number of phenols is 1. The van der Waals surface area contributed by atoms with Crippen molar-refractivity contribution in [2.75, 3.05) is 34.3 Å². The van der Waals surface area contributed by atoms with Crippen LogP contribution in [-0.4, -0.2) is 55.4 Å². The molecule has 2 fully saturated rings. The van der Waals surface area contributed by atoms with Gasteiger partial charge in [-0.05, 0) is 93.2 Å². The summed E-state index contributed by atoms with van der Waals surface area (Å²) in [4.78, 5) is 2.63. The van der Waals surface area contributed by atoms with E-state index in [0.29, 0.717) is 12.0 Å². The van der Waals surface area contributed by atoms with Gasteiger partial charge in [0.2, 0.25) is 0 Å². The van der Waals surface area contributed by atoms with Gasteiger partial charge in [0.05, 0.1) is 13.2 Å². The van der Waals surface area contributed by atoms with Crippen molar-refractivity contribution in [3.05, 3.63) is 59.2 Å².